The highest BCUT2D eigenvalue weighted by atomic mass is 14.9. The van der Waals surface area contributed by atoms with Gasteiger partial charge in [0.15, 0.2) is 0 Å². The molecule has 0 atom stereocenters. The quantitative estimate of drug-likeness (QED) is 0.658. The number of rotatable bonds is 4. The smallest absolute Gasteiger partial charge is 0.00696 e. The van der Waals surface area contributed by atoms with E-state index in [1.807, 2.05) is 0 Å². The molecule has 0 aromatic heterocycles. The summed E-state index contributed by atoms with van der Waals surface area (Å²) in [6.07, 6.45) is 8.28. The summed E-state index contributed by atoms with van der Waals surface area (Å²) in [5.41, 5.74) is 0. The lowest BCUT2D eigenvalue weighted by Gasteiger charge is -2.19. The molecule has 0 radical (unpaired) electrons. The van der Waals surface area contributed by atoms with Crippen LogP contribution in [0.5, 0.6) is 0 Å². The molecule has 1 fully saturated rings. The molecule has 11 heavy (non-hydrogen) atoms. The third-order valence-electron chi connectivity index (χ3n) is 2.81. The van der Waals surface area contributed by atoms with Crippen molar-refractivity contribution in [1.82, 2.24) is 5.32 Å². The van der Waals surface area contributed by atoms with E-state index in [0.29, 0.717) is 0 Å². The zero-order valence-electron chi connectivity index (χ0n) is 7.90. The van der Waals surface area contributed by atoms with Crippen molar-refractivity contribution in [2.45, 2.75) is 64.5 Å². The van der Waals surface area contributed by atoms with Gasteiger partial charge in [0.2, 0.25) is 0 Å². The highest BCUT2D eigenvalue weighted by Crippen LogP contribution is 2.18. The van der Waals surface area contributed by atoms with Gasteiger partial charge in [-0.3, -0.25) is 0 Å². The van der Waals surface area contributed by atoms with Crippen molar-refractivity contribution in [3.8, 4) is 0 Å². The monoisotopic (exact) mass is 155 g/mol. The Hall–Kier alpha value is -0.0400. The maximum atomic E-state index is 3.72. The third-order valence-corrected chi connectivity index (χ3v) is 2.81. The van der Waals surface area contributed by atoms with E-state index in [9.17, 15) is 0 Å². The van der Waals surface area contributed by atoms with Crippen LogP contribution in [0.4, 0.5) is 0 Å². The maximum Gasteiger partial charge on any atom is 0.00696 e. The van der Waals surface area contributed by atoms with Crippen LogP contribution in [-0.4, -0.2) is 12.1 Å². The van der Waals surface area contributed by atoms with Gasteiger partial charge in [-0.1, -0.05) is 26.7 Å². The van der Waals surface area contributed by atoms with Gasteiger partial charge < -0.3 is 5.32 Å². The van der Waals surface area contributed by atoms with Crippen LogP contribution in [-0.2, 0) is 0 Å². The lowest BCUT2D eigenvalue weighted by Crippen LogP contribution is -2.35. The fourth-order valence-electron chi connectivity index (χ4n) is 1.95. The molecular formula is C10H21N. The van der Waals surface area contributed by atoms with Crippen LogP contribution in [0.3, 0.4) is 0 Å². The van der Waals surface area contributed by atoms with Crippen molar-refractivity contribution in [3.63, 3.8) is 0 Å². The summed E-state index contributed by atoms with van der Waals surface area (Å²) < 4.78 is 0. The molecule has 0 amide bonds. The molecule has 1 N–H and O–H groups in total. The lowest BCUT2D eigenvalue weighted by molar-refractivity contribution is 0.411. The lowest BCUT2D eigenvalue weighted by atomic mass is 10.1. The van der Waals surface area contributed by atoms with Crippen LogP contribution in [0.2, 0.25) is 0 Å². The van der Waals surface area contributed by atoms with E-state index in [2.05, 4.69) is 19.2 Å². The van der Waals surface area contributed by atoms with Crippen LogP contribution in [0.1, 0.15) is 52.4 Å². The number of hydrogen-bond donors (Lipinski definition) is 1. The standard InChI is InChI=1S/C10H21N/c1-3-9(4-2)11-10-7-5-6-8-10/h9-11H,3-8H2,1-2H3. The average Bonchev–Trinajstić information content (AvgIpc) is 2.52. The van der Waals surface area contributed by atoms with Crippen LogP contribution in [0.15, 0.2) is 0 Å². The summed E-state index contributed by atoms with van der Waals surface area (Å²) in [6, 6.07) is 1.62. The Morgan fingerprint density at radius 3 is 2.18 bits per heavy atom. The summed E-state index contributed by atoms with van der Waals surface area (Å²) in [6.45, 7) is 4.55. The molecule has 1 nitrogen and oxygen atoms in total. The summed E-state index contributed by atoms with van der Waals surface area (Å²) in [5, 5.41) is 3.72. The van der Waals surface area contributed by atoms with Crippen LogP contribution in [0.25, 0.3) is 0 Å². The average molecular weight is 155 g/mol. The van der Waals surface area contributed by atoms with E-state index in [1.54, 1.807) is 0 Å². The second-order valence-corrected chi connectivity index (χ2v) is 3.66. The Balaban J connectivity index is 2.16. The molecule has 1 heteroatoms. The molecule has 1 saturated carbocycles. The molecule has 0 spiro atoms. The van der Waals surface area contributed by atoms with Gasteiger partial charge in [-0.05, 0) is 25.7 Å². The van der Waals surface area contributed by atoms with Crippen LogP contribution < -0.4 is 5.32 Å². The van der Waals surface area contributed by atoms with Crippen molar-refractivity contribution in [3.05, 3.63) is 0 Å². The molecule has 1 aliphatic rings. The SMILES string of the molecule is CCC(CC)NC1CCCC1. The zero-order chi connectivity index (χ0) is 8.10. The topological polar surface area (TPSA) is 12.0 Å². The van der Waals surface area contributed by atoms with Gasteiger partial charge in [0.05, 0.1) is 0 Å². The molecule has 0 aromatic carbocycles. The predicted octanol–water partition coefficient (Wildman–Crippen LogP) is 2.71. The van der Waals surface area contributed by atoms with Crippen molar-refractivity contribution in [1.29, 1.82) is 0 Å². The normalized spacial score (nSPS) is 19.9. The van der Waals surface area contributed by atoms with Crippen molar-refractivity contribution in [2.24, 2.45) is 0 Å². The van der Waals surface area contributed by atoms with Gasteiger partial charge >= 0.3 is 0 Å². The summed E-state index contributed by atoms with van der Waals surface area (Å²) in [7, 11) is 0. The molecule has 1 rings (SSSR count). The molecule has 0 heterocycles. The highest BCUT2D eigenvalue weighted by Gasteiger charge is 2.16. The van der Waals surface area contributed by atoms with E-state index in [1.165, 1.54) is 38.5 Å². The molecule has 0 unspecified atom stereocenters. The Morgan fingerprint density at radius 2 is 1.73 bits per heavy atom. The van der Waals surface area contributed by atoms with Crippen molar-refractivity contribution in [2.75, 3.05) is 0 Å². The minimum absolute atomic E-state index is 0.776. The van der Waals surface area contributed by atoms with E-state index in [4.69, 9.17) is 0 Å². The maximum absolute atomic E-state index is 3.72. The number of nitrogens with one attached hydrogen (secondary N) is 1. The van der Waals surface area contributed by atoms with E-state index in [0.717, 1.165) is 12.1 Å². The Bertz CT molecular complexity index is 91.0. The minimum atomic E-state index is 0.776. The second-order valence-electron chi connectivity index (χ2n) is 3.66. The first kappa shape index (κ1) is 9.05. The first-order valence-corrected chi connectivity index (χ1v) is 5.12. The van der Waals surface area contributed by atoms with E-state index in [-0.39, 0.29) is 0 Å². The molecule has 0 aromatic rings. The fraction of sp³-hybridized carbons (Fsp3) is 1.00. The van der Waals surface area contributed by atoms with E-state index < -0.39 is 0 Å². The molecule has 0 aliphatic heterocycles. The zero-order valence-corrected chi connectivity index (χ0v) is 7.90. The van der Waals surface area contributed by atoms with Gasteiger partial charge in [-0.2, -0.15) is 0 Å². The molecule has 0 bridgehead atoms. The third kappa shape index (κ3) is 2.82. The Labute approximate surface area is 70.6 Å². The summed E-state index contributed by atoms with van der Waals surface area (Å²) in [5.74, 6) is 0. The summed E-state index contributed by atoms with van der Waals surface area (Å²) in [4.78, 5) is 0. The Kier molecular flexibility index (Phi) is 3.92. The molecule has 1 aliphatic carbocycles. The van der Waals surface area contributed by atoms with Crippen molar-refractivity contribution >= 4 is 0 Å². The first-order valence-electron chi connectivity index (χ1n) is 5.12. The van der Waals surface area contributed by atoms with Crippen LogP contribution in [0, 0.1) is 0 Å². The minimum Gasteiger partial charge on any atom is -0.311 e. The van der Waals surface area contributed by atoms with Gasteiger partial charge in [0.25, 0.3) is 0 Å². The van der Waals surface area contributed by atoms with Crippen LogP contribution >= 0.6 is 0 Å². The summed E-state index contributed by atoms with van der Waals surface area (Å²) >= 11 is 0. The predicted molar refractivity (Wildman–Crippen MR) is 49.8 cm³/mol. The largest absolute Gasteiger partial charge is 0.311 e. The first-order chi connectivity index (χ1) is 5.36. The molecular weight excluding hydrogens is 134 g/mol. The highest BCUT2D eigenvalue weighted by molar-refractivity contribution is 4.77. The molecule has 66 valence electrons. The van der Waals surface area contributed by atoms with Gasteiger partial charge in [-0.25, -0.2) is 0 Å². The molecule has 0 saturated heterocycles. The fourth-order valence-corrected chi connectivity index (χ4v) is 1.95. The van der Waals surface area contributed by atoms with Gasteiger partial charge in [0.1, 0.15) is 0 Å². The van der Waals surface area contributed by atoms with Gasteiger partial charge in [0, 0.05) is 12.1 Å². The Morgan fingerprint density at radius 1 is 1.18 bits per heavy atom. The van der Waals surface area contributed by atoms with E-state index >= 15 is 0 Å². The number of hydrogen-bond acceptors (Lipinski definition) is 1. The second kappa shape index (κ2) is 4.76. The van der Waals surface area contributed by atoms with Crippen molar-refractivity contribution < 1.29 is 0 Å². The van der Waals surface area contributed by atoms with Gasteiger partial charge in [-0.15, -0.1) is 0 Å².